The summed E-state index contributed by atoms with van der Waals surface area (Å²) in [7, 11) is 1.97. The van der Waals surface area contributed by atoms with Crippen molar-refractivity contribution in [2.75, 3.05) is 26.7 Å². The molecule has 4 nitrogen and oxygen atoms in total. The third-order valence-electron chi connectivity index (χ3n) is 2.16. The van der Waals surface area contributed by atoms with Crippen molar-refractivity contribution in [3.63, 3.8) is 0 Å². The summed E-state index contributed by atoms with van der Waals surface area (Å²) in [5.41, 5.74) is 0. The molecular formula is C11H20N2O2. The van der Waals surface area contributed by atoms with Gasteiger partial charge in [-0.1, -0.05) is 6.92 Å². The Morgan fingerprint density at radius 2 is 2.40 bits per heavy atom. The molecule has 0 fully saturated rings. The second-order valence-electron chi connectivity index (χ2n) is 3.74. The molecule has 0 saturated carbocycles. The minimum atomic E-state index is -0.329. The van der Waals surface area contributed by atoms with Gasteiger partial charge in [-0.15, -0.1) is 0 Å². The molecule has 1 unspecified atom stereocenters. The number of aliphatic hydroxyl groups excluding tert-OH is 1. The summed E-state index contributed by atoms with van der Waals surface area (Å²) in [6.45, 7) is 4.93. The number of hydrogen-bond acceptors (Lipinski definition) is 4. The summed E-state index contributed by atoms with van der Waals surface area (Å²) >= 11 is 0. The lowest BCUT2D eigenvalue weighted by atomic mass is 10.3. The minimum absolute atomic E-state index is 0.329. The van der Waals surface area contributed by atoms with Gasteiger partial charge in [-0.25, -0.2) is 0 Å². The van der Waals surface area contributed by atoms with Crippen LogP contribution in [0, 0.1) is 0 Å². The summed E-state index contributed by atoms with van der Waals surface area (Å²) in [5.74, 6) is 0.924. The third kappa shape index (κ3) is 4.97. The first-order valence-corrected chi connectivity index (χ1v) is 5.32. The van der Waals surface area contributed by atoms with Gasteiger partial charge in [0, 0.05) is 13.1 Å². The zero-order chi connectivity index (χ0) is 11.1. The van der Waals surface area contributed by atoms with E-state index in [1.165, 1.54) is 0 Å². The molecule has 1 rings (SSSR count). The Morgan fingerprint density at radius 3 is 3.00 bits per heavy atom. The summed E-state index contributed by atoms with van der Waals surface area (Å²) in [6.07, 6.45) is 1.34. The van der Waals surface area contributed by atoms with Gasteiger partial charge in [0.05, 0.1) is 18.9 Å². The maximum Gasteiger partial charge on any atom is 0.117 e. The van der Waals surface area contributed by atoms with Crippen LogP contribution in [0.25, 0.3) is 0 Å². The second-order valence-corrected chi connectivity index (χ2v) is 3.74. The number of furan rings is 1. The van der Waals surface area contributed by atoms with Gasteiger partial charge < -0.3 is 14.8 Å². The van der Waals surface area contributed by atoms with E-state index in [1.807, 2.05) is 31.0 Å². The molecule has 0 aliphatic rings. The largest absolute Gasteiger partial charge is 0.468 e. The van der Waals surface area contributed by atoms with Crippen molar-refractivity contribution >= 4 is 0 Å². The van der Waals surface area contributed by atoms with Gasteiger partial charge >= 0.3 is 0 Å². The molecule has 0 radical (unpaired) electrons. The Kier molecular flexibility index (Phi) is 5.39. The van der Waals surface area contributed by atoms with Crippen LogP contribution in [-0.2, 0) is 6.54 Å². The standard InChI is InChI=1S/C11H20N2O2/c1-3-12-7-10(14)8-13(2)9-11-5-4-6-15-11/h4-6,10,12,14H,3,7-9H2,1-2H3. The van der Waals surface area contributed by atoms with Crippen molar-refractivity contribution in [3.05, 3.63) is 24.2 Å². The summed E-state index contributed by atoms with van der Waals surface area (Å²) < 4.78 is 5.23. The molecule has 1 atom stereocenters. The van der Waals surface area contributed by atoms with Gasteiger partial charge in [0.15, 0.2) is 0 Å². The average Bonchev–Trinajstić information content (AvgIpc) is 2.67. The quantitative estimate of drug-likeness (QED) is 0.698. The van der Waals surface area contributed by atoms with Gasteiger partial charge in [0.2, 0.25) is 0 Å². The first kappa shape index (κ1) is 12.2. The molecular weight excluding hydrogens is 192 g/mol. The maximum atomic E-state index is 9.64. The first-order chi connectivity index (χ1) is 7.22. The van der Waals surface area contributed by atoms with Gasteiger partial charge in [-0.2, -0.15) is 0 Å². The fourth-order valence-corrected chi connectivity index (χ4v) is 1.47. The predicted octanol–water partition coefficient (Wildman–Crippen LogP) is 0.682. The van der Waals surface area contributed by atoms with Crippen LogP contribution < -0.4 is 5.32 Å². The van der Waals surface area contributed by atoms with E-state index in [0.29, 0.717) is 13.1 Å². The smallest absolute Gasteiger partial charge is 0.117 e. The molecule has 0 bridgehead atoms. The summed E-state index contributed by atoms with van der Waals surface area (Å²) in [6, 6.07) is 3.81. The Balaban J connectivity index is 2.20. The predicted molar refractivity (Wildman–Crippen MR) is 59.6 cm³/mol. The van der Waals surface area contributed by atoms with Crippen molar-refractivity contribution in [1.82, 2.24) is 10.2 Å². The lowest BCUT2D eigenvalue weighted by molar-refractivity contribution is 0.118. The highest BCUT2D eigenvalue weighted by molar-refractivity contribution is 4.97. The van der Waals surface area contributed by atoms with Gasteiger partial charge in [-0.05, 0) is 25.7 Å². The number of hydrogen-bond donors (Lipinski definition) is 2. The van der Waals surface area contributed by atoms with Gasteiger partial charge in [0.1, 0.15) is 5.76 Å². The summed E-state index contributed by atoms with van der Waals surface area (Å²) in [4.78, 5) is 2.04. The van der Waals surface area contributed by atoms with Crippen LogP contribution in [0.15, 0.2) is 22.8 Å². The van der Waals surface area contributed by atoms with Crippen LogP contribution in [0.4, 0.5) is 0 Å². The fourth-order valence-electron chi connectivity index (χ4n) is 1.47. The van der Waals surface area contributed by atoms with Crippen LogP contribution in [0.2, 0.25) is 0 Å². The third-order valence-corrected chi connectivity index (χ3v) is 2.16. The highest BCUT2D eigenvalue weighted by Gasteiger charge is 2.08. The Morgan fingerprint density at radius 1 is 1.60 bits per heavy atom. The zero-order valence-corrected chi connectivity index (χ0v) is 9.44. The number of nitrogens with zero attached hydrogens (tertiary/aromatic N) is 1. The molecule has 1 aromatic rings. The monoisotopic (exact) mass is 212 g/mol. The number of rotatable bonds is 7. The molecule has 15 heavy (non-hydrogen) atoms. The topological polar surface area (TPSA) is 48.6 Å². The van der Waals surface area contributed by atoms with E-state index in [2.05, 4.69) is 5.32 Å². The van der Waals surface area contributed by atoms with Crippen LogP contribution in [-0.4, -0.2) is 42.8 Å². The molecule has 86 valence electrons. The van der Waals surface area contributed by atoms with Gasteiger partial charge in [-0.3, -0.25) is 4.90 Å². The molecule has 0 spiro atoms. The normalized spacial score (nSPS) is 13.3. The molecule has 2 N–H and O–H groups in total. The average molecular weight is 212 g/mol. The molecule has 4 heteroatoms. The van der Waals surface area contributed by atoms with Crippen LogP contribution in [0.3, 0.4) is 0 Å². The SMILES string of the molecule is CCNCC(O)CN(C)Cc1ccco1. The van der Waals surface area contributed by atoms with E-state index in [0.717, 1.165) is 18.8 Å². The minimum Gasteiger partial charge on any atom is -0.468 e. The van der Waals surface area contributed by atoms with Crippen molar-refractivity contribution < 1.29 is 9.52 Å². The van der Waals surface area contributed by atoms with Crippen LogP contribution in [0.5, 0.6) is 0 Å². The highest BCUT2D eigenvalue weighted by Crippen LogP contribution is 2.03. The van der Waals surface area contributed by atoms with E-state index in [-0.39, 0.29) is 6.10 Å². The van der Waals surface area contributed by atoms with Crippen LogP contribution in [0.1, 0.15) is 12.7 Å². The number of nitrogens with one attached hydrogen (secondary N) is 1. The molecule has 0 aliphatic heterocycles. The molecule has 0 aromatic carbocycles. The van der Waals surface area contributed by atoms with Crippen LogP contribution >= 0.6 is 0 Å². The van der Waals surface area contributed by atoms with Gasteiger partial charge in [0.25, 0.3) is 0 Å². The molecule has 1 aromatic heterocycles. The Labute approximate surface area is 90.9 Å². The fraction of sp³-hybridized carbons (Fsp3) is 0.636. The van der Waals surface area contributed by atoms with Crippen molar-refractivity contribution in [1.29, 1.82) is 0 Å². The molecule has 0 aliphatic carbocycles. The Hall–Kier alpha value is -0.840. The summed E-state index contributed by atoms with van der Waals surface area (Å²) in [5, 5.41) is 12.8. The molecule has 1 heterocycles. The van der Waals surface area contributed by atoms with E-state index in [1.54, 1.807) is 6.26 Å². The van der Waals surface area contributed by atoms with Crippen molar-refractivity contribution in [3.8, 4) is 0 Å². The lowest BCUT2D eigenvalue weighted by Crippen LogP contribution is -2.36. The van der Waals surface area contributed by atoms with E-state index < -0.39 is 0 Å². The van der Waals surface area contributed by atoms with Crippen molar-refractivity contribution in [2.24, 2.45) is 0 Å². The van der Waals surface area contributed by atoms with E-state index >= 15 is 0 Å². The molecule has 0 saturated heterocycles. The Bertz CT molecular complexity index is 249. The second kappa shape index (κ2) is 6.61. The van der Waals surface area contributed by atoms with Crippen molar-refractivity contribution in [2.45, 2.75) is 19.6 Å². The number of aliphatic hydroxyl groups is 1. The maximum absolute atomic E-state index is 9.64. The zero-order valence-electron chi connectivity index (χ0n) is 9.44. The number of likely N-dealkylation sites (N-methyl/N-ethyl adjacent to an activating group) is 2. The lowest BCUT2D eigenvalue weighted by Gasteiger charge is -2.19. The first-order valence-electron chi connectivity index (χ1n) is 5.32. The highest BCUT2D eigenvalue weighted by atomic mass is 16.3. The molecule has 0 amide bonds. The van der Waals surface area contributed by atoms with E-state index in [9.17, 15) is 5.11 Å². The van der Waals surface area contributed by atoms with E-state index in [4.69, 9.17) is 4.42 Å².